The maximum absolute atomic E-state index is 11.9. The summed E-state index contributed by atoms with van der Waals surface area (Å²) in [7, 11) is 1.82. The summed E-state index contributed by atoms with van der Waals surface area (Å²) < 4.78 is 1.69. The van der Waals surface area contributed by atoms with Gasteiger partial charge in [-0.2, -0.15) is 15.6 Å². The molecule has 0 saturated carbocycles. The number of carbonyl (C=O) groups excluding carboxylic acids is 1. The van der Waals surface area contributed by atoms with Crippen LogP contribution in [-0.2, 0) is 18.3 Å². The predicted octanol–water partition coefficient (Wildman–Crippen LogP) is 1.73. The van der Waals surface area contributed by atoms with Gasteiger partial charge in [-0.25, -0.2) is 0 Å². The quantitative estimate of drug-likeness (QED) is 0.922. The van der Waals surface area contributed by atoms with Crippen molar-refractivity contribution in [3.05, 3.63) is 47.3 Å². The van der Waals surface area contributed by atoms with Crippen LogP contribution in [0.4, 0.5) is 5.69 Å². The molecule has 0 bridgehead atoms. The zero-order valence-electron chi connectivity index (χ0n) is 11.5. The summed E-state index contributed by atoms with van der Waals surface area (Å²) in [5.41, 5.74) is 2.06. The van der Waals surface area contributed by atoms with Gasteiger partial charge in [0.1, 0.15) is 12.1 Å². The Hall–Kier alpha value is -3.12. The summed E-state index contributed by atoms with van der Waals surface area (Å²) in [4.78, 5) is 11.9. The Balaban J connectivity index is 1.97. The minimum absolute atomic E-state index is 0.146. The van der Waals surface area contributed by atoms with Crippen molar-refractivity contribution >= 4 is 11.6 Å². The minimum Gasteiger partial charge on any atom is -0.326 e. The highest BCUT2D eigenvalue weighted by Gasteiger charge is 2.07. The van der Waals surface area contributed by atoms with Crippen molar-refractivity contribution in [1.82, 2.24) is 9.78 Å². The number of aromatic nitrogens is 2. The average Bonchev–Trinajstić information content (AvgIpc) is 2.90. The van der Waals surface area contributed by atoms with E-state index in [-0.39, 0.29) is 11.5 Å². The number of nitrogens with one attached hydrogen (secondary N) is 1. The fourth-order valence-electron chi connectivity index (χ4n) is 1.89. The van der Waals surface area contributed by atoms with Gasteiger partial charge in [0.05, 0.1) is 17.3 Å². The molecule has 0 aliphatic rings. The van der Waals surface area contributed by atoms with Crippen molar-refractivity contribution < 1.29 is 4.79 Å². The molecule has 0 saturated heterocycles. The largest absolute Gasteiger partial charge is 0.326 e. The molecule has 0 fully saturated rings. The molecule has 2 aromatic rings. The zero-order valence-corrected chi connectivity index (χ0v) is 11.5. The molecule has 1 N–H and O–H groups in total. The fourth-order valence-corrected chi connectivity index (χ4v) is 1.89. The van der Waals surface area contributed by atoms with Crippen molar-refractivity contribution in [2.75, 3.05) is 5.32 Å². The van der Waals surface area contributed by atoms with Crippen molar-refractivity contribution in [2.24, 2.45) is 7.05 Å². The molecular weight excluding hydrogens is 266 g/mol. The lowest BCUT2D eigenvalue weighted by Crippen LogP contribution is -2.12. The third-order valence-electron chi connectivity index (χ3n) is 2.94. The zero-order chi connectivity index (χ0) is 15.2. The number of hydrogen-bond donors (Lipinski definition) is 1. The van der Waals surface area contributed by atoms with E-state index in [9.17, 15) is 4.79 Å². The first-order chi connectivity index (χ1) is 10.1. The van der Waals surface area contributed by atoms with E-state index < -0.39 is 0 Å². The molecule has 0 aliphatic carbocycles. The summed E-state index contributed by atoms with van der Waals surface area (Å²) in [5, 5.41) is 24.5. The molecule has 6 heteroatoms. The molecule has 2 rings (SSSR count). The highest BCUT2D eigenvalue weighted by atomic mass is 16.1. The number of benzene rings is 1. The first-order valence-electron chi connectivity index (χ1n) is 6.34. The number of hydrogen-bond acceptors (Lipinski definition) is 4. The van der Waals surface area contributed by atoms with E-state index in [0.29, 0.717) is 24.1 Å². The van der Waals surface area contributed by atoms with E-state index in [0.717, 1.165) is 5.56 Å². The van der Waals surface area contributed by atoms with E-state index in [4.69, 9.17) is 10.5 Å². The highest BCUT2D eigenvalue weighted by molar-refractivity contribution is 5.91. The maximum Gasteiger partial charge on any atom is 0.224 e. The monoisotopic (exact) mass is 279 g/mol. The van der Waals surface area contributed by atoms with Gasteiger partial charge in [-0.05, 0) is 30.2 Å². The van der Waals surface area contributed by atoms with Crippen molar-refractivity contribution in [1.29, 1.82) is 10.5 Å². The Bertz CT molecular complexity index is 748. The summed E-state index contributed by atoms with van der Waals surface area (Å²) in [6.45, 7) is 0. The molecule has 0 atom stereocenters. The topological polar surface area (TPSA) is 94.5 Å². The SMILES string of the molecule is Cn1cc(CCC(=O)Nc2ccc(C#N)c(C#N)c2)cn1. The van der Waals surface area contributed by atoms with Crippen LogP contribution in [0.5, 0.6) is 0 Å². The van der Waals surface area contributed by atoms with Gasteiger partial charge >= 0.3 is 0 Å². The first kappa shape index (κ1) is 14.3. The molecule has 0 radical (unpaired) electrons. The Morgan fingerprint density at radius 2 is 2.10 bits per heavy atom. The second-order valence-electron chi connectivity index (χ2n) is 4.55. The summed E-state index contributed by atoms with van der Waals surface area (Å²) >= 11 is 0. The Kier molecular flexibility index (Phi) is 4.33. The van der Waals surface area contributed by atoms with Crippen LogP contribution in [0.25, 0.3) is 0 Å². The van der Waals surface area contributed by atoms with Crippen LogP contribution in [0.3, 0.4) is 0 Å². The van der Waals surface area contributed by atoms with Crippen molar-refractivity contribution in [3.8, 4) is 12.1 Å². The number of nitriles is 2. The molecule has 1 amide bonds. The lowest BCUT2D eigenvalue weighted by molar-refractivity contribution is -0.116. The van der Waals surface area contributed by atoms with Gasteiger partial charge in [-0.15, -0.1) is 0 Å². The molecule has 0 aliphatic heterocycles. The van der Waals surface area contributed by atoms with E-state index in [2.05, 4.69) is 10.4 Å². The normalized spacial score (nSPS) is 9.67. The number of carbonyl (C=O) groups is 1. The second-order valence-corrected chi connectivity index (χ2v) is 4.55. The predicted molar refractivity (Wildman–Crippen MR) is 76.0 cm³/mol. The summed E-state index contributed by atoms with van der Waals surface area (Å²) in [5.74, 6) is -0.146. The van der Waals surface area contributed by atoms with Gasteiger partial charge < -0.3 is 5.32 Å². The van der Waals surface area contributed by atoms with Crippen molar-refractivity contribution in [2.45, 2.75) is 12.8 Å². The smallest absolute Gasteiger partial charge is 0.224 e. The molecular formula is C15H13N5O. The number of anilines is 1. The molecule has 21 heavy (non-hydrogen) atoms. The lowest BCUT2D eigenvalue weighted by Gasteiger charge is -2.05. The molecule has 1 aromatic heterocycles. The number of rotatable bonds is 4. The second kappa shape index (κ2) is 6.36. The van der Waals surface area contributed by atoms with Crippen LogP contribution in [-0.4, -0.2) is 15.7 Å². The molecule has 0 spiro atoms. The maximum atomic E-state index is 11.9. The number of amides is 1. The fraction of sp³-hybridized carbons (Fsp3) is 0.200. The number of aryl methyl sites for hydroxylation is 2. The summed E-state index contributed by atoms with van der Waals surface area (Å²) in [6, 6.07) is 8.50. The molecule has 1 aromatic carbocycles. The van der Waals surface area contributed by atoms with Gasteiger partial charge in [-0.3, -0.25) is 9.48 Å². The Labute approximate surface area is 122 Å². The lowest BCUT2D eigenvalue weighted by atomic mass is 10.1. The van der Waals surface area contributed by atoms with Crippen LogP contribution < -0.4 is 5.32 Å². The average molecular weight is 279 g/mol. The van der Waals surface area contributed by atoms with Gasteiger partial charge in [0, 0.05) is 25.4 Å². The highest BCUT2D eigenvalue weighted by Crippen LogP contribution is 2.15. The Morgan fingerprint density at radius 3 is 2.71 bits per heavy atom. The van der Waals surface area contributed by atoms with Gasteiger partial charge in [0.25, 0.3) is 0 Å². The van der Waals surface area contributed by atoms with Crippen LogP contribution in [0.1, 0.15) is 23.1 Å². The van der Waals surface area contributed by atoms with Crippen LogP contribution in [0.2, 0.25) is 0 Å². The third kappa shape index (κ3) is 3.68. The number of nitrogens with zero attached hydrogens (tertiary/aromatic N) is 4. The first-order valence-corrected chi connectivity index (χ1v) is 6.34. The van der Waals surface area contributed by atoms with E-state index in [1.807, 2.05) is 25.4 Å². The van der Waals surface area contributed by atoms with Crippen LogP contribution >= 0.6 is 0 Å². The molecule has 6 nitrogen and oxygen atoms in total. The van der Waals surface area contributed by atoms with E-state index in [1.54, 1.807) is 16.9 Å². The molecule has 1 heterocycles. The van der Waals surface area contributed by atoms with Gasteiger partial charge in [0.15, 0.2) is 0 Å². The van der Waals surface area contributed by atoms with E-state index >= 15 is 0 Å². The van der Waals surface area contributed by atoms with Crippen molar-refractivity contribution in [3.63, 3.8) is 0 Å². The molecule has 104 valence electrons. The van der Waals surface area contributed by atoms with Gasteiger partial charge in [-0.1, -0.05) is 0 Å². The minimum atomic E-state index is -0.146. The van der Waals surface area contributed by atoms with Crippen LogP contribution in [0.15, 0.2) is 30.6 Å². The third-order valence-corrected chi connectivity index (χ3v) is 2.94. The van der Waals surface area contributed by atoms with Crippen LogP contribution in [0, 0.1) is 22.7 Å². The van der Waals surface area contributed by atoms with Gasteiger partial charge in [0.2, 0.25) is 5.91 Å². The Morgan fingerprint density at radius 1 is 1.33 bits per heavy atom. The molecule has 0 unspecified atom stereocenters. The van der Waals surface area contributed by atoms with E-state index in [1.165, 1.54) is 12.1 Å². The summed E-state index contributed by atoms with van der Waals surface area (Å²) in [6.07, 6.45) is 4.51. The standard InChI is InChI=1S/C15H13N5O/c1-20-10-11(9-18-20)2-5-15(21)19-14-4-3-12(7-16)13(6-14)8-17/h3-4,6,9-10H,2,5H2,1H3,(H,19,21).